The van der Waals surface area contributed by atoms with E-state index >= 15 is 0 Å². The van der Waals surface area contributed by atoms with Crippen LogP contribution >= 0.6 is 0 Å². The number of rotatable bonds is 7. The van der Waals surface area contributed by atoms with E-state index in [0.29, 0.717) is 6.42 Å². The summed E-state index contributed by atoms with van der Waals surface area (Å²) in [6, 6.07) is 8.32. The summed E-state index contributed by atoms with van der Waals surface area (Å²) in [5, 5.41) is 4.39. The summed E-state index contributed by atoms with van der Waals surface area (Å²) in [5.74, 6) is 0.163. The van der Waals surface area contributed by atoms with Gasteiger partial charge in [0.05, 0.1) is 0 Å². The lowest BCUT2D eigenvalue weighted by atomic mass is 9.89. The maximum atomic E-state index is 10.7. The Hall–Kier alpha value is -2.03. The molecule has 2 rings (SSSR count). The molecule has 1 aromatic heterocycles. The van der Waals surface area contributed by atoms with Crippen molar-refractivity contribution in [2.75, 3.05) is 7.05 Å². The van der Waals surface area contributed by atoms with E-state index in [1.54, 1.807) is 0 Å². The van der Waals surface area contributed by atoms with Gasteiger partial charge in [0.2, 0.25) is 0 Å². The van der Waals surface area contributed by atoms with E-state index in [-0.39, 0.29) is 5.92 Å². The lowest BCUT2D eigenvalue weighted by molar-refractivity contribution is -0.107. The van der Waals surface area contributed by atoms with Crippen LogP contribution in [0.2, 0.25) is 0 Å². The van der Waals surface area contributed by atoms with Gasteiger partial charge in [0.25, 0.3) is 0 Å². The summed E-state index contributed by atoms with van der Waals surface area (Å²) in [5.41, 5.74) is 4.63. The van der Waals surface area contributed by atoms with Crippen LogP contribution in [0.3, 0.4) is 0 Å². The third-order valence-corrected chi connectivity index (χ3v) is 3.84. The molecule has 106 valence electrons. The van der Waals surface area contributed by atoms with E-state index < -0.39 is 0 Å². The molecule has 1 unspecified atom stereocenters. The monoisotopic (exact) mass is 270 g/mol. The van der Waals surface area contributed by atoms with E-state index in [1.165, 1.54) is 16.6 Å². The number of benzene rings is 1. The van der Waals surface area contributed by atoms with Crippen LogP contribution in [-0.2, 0) is 11.2 Å². The highest BCUT2D eigenvalue weighted by atomic mass is 16.1. The van der Waals surface area contributed by atoms with Crippen molar-refractivity contribution in [1.29, 1.82) is 0 Å². The predicted octanol–water partition coefficient (Wildman–Crippen LogP) is 3.53. The molecule has 0 aliphatic rings. The highest BCUT2D eigenvalue weighted by molar-refractivity contribution is 5.85. The fourth-order valence-electron chi connectivity index (χ4n) is 2.80. The summed E-state index contributed by atoms with van der Waals surface area (Å²) in [4.78, 5) is 14.2. The van der Waals surface area contributed by atoms with Gasteiger partial charge in [-0.25, -0.2) is 0 Å². The van der Waals surface area contributed by atoms with Gasteiger partial charge < -0.3 is 15.1 Å². The molecule has 0 aliphatic carbocycles. The van der Waals surface area contributed by atoms with Crippen molar-refractivity contribution in [2.45, 2.75) is 32.1 Å². The first-order valence-corrected chi connectivity index (χ1v) is 7.12. The number of aldehydes is 1. The number of aromatic amines is 1. The van der Waals surface area contributed by atoms with E-state index in [0.717, 1.165) is 30.3 Å². The van der Waals surface area contributed by atoms with E-state index in [1.807, 2.05) is 13.1 Å². The number of para-hydroxylation sites is 1. The molecule has 1 aromatic carbocycles. The van der Waals surface area contributed by atoms with Gasteiger partial charge in [0.15, 0.2) is 0 Å². The third-order valence-electron chi connectivity index (χ3n) is 3.84. The van der Waals surface area contributed by atoms with Gasteiger partial charge in [-0.15, -0.1) is 0 Å². The van der Waals surface area contributed by atoms with Crippen LogP contribution in [0.1, 0.15) is 36.9 Å². The highest BCUT2D eigenvalue weighted by Gasteiger charge is 2.21. The Balaban J connectivity index is 2.55. The molecule has 3 heteroatoms. The normalized spacial score (nSPS) is 12.3. The van der Waals surface area contributed by atoms with Crippen molar-refractivity contribution in [3.8, 4) is 0 Å². The lowest BCUT2D eigenvalue weighted by Crippen LogP contribution is -2.15. The smallest absolute Gasteiger partial charge is 0.120 e. The molecule has 2 N–H and O–H groups in total. The Morgan fingerprint density at radius 2 is 2.20 bits per heavy atom. The van der Waals surface area contributed by atoms with Crippen molar-refractivity contribution in [1.82, 2.24) is 10.3 Å². The number of aryl methyl sites for hydroxylation is 1. The Labute approximate surface area is 120 Å². The Kier molecular flexibility index (Phi) is 4.61. The van der Waals surface area contributed by atoms with Gasteiger partial charge in [-0.3, -0.25) is 0 Å². The molecule has 0 bridgehead atoms. The molecule has 0 radical (unpaired) electrons. The second kappa shape index (κ2) is 6.42. The largest absolute Gasteiger partial charge is 0.391 e. The average Bonchev–Trinajstić information content (AvgIpc) is 2.86. The minimum Gasteiger partial charge on any atom is -0.391 e. The van der Waals surface area contributed by atoms with Crippen molar-refractivity contribution < 1.29 is 4.79 Å². The Bertz CT molecular complexity index is 612. The molecule has 0 spiro atoms. The fraction of sp³-hybridized carbons (Fsp3) is 0.353. The van der Waals surface area contributed by atoms with E-state index in [4.69, 9.17) is 0 Å². The molecule has 0 aliphatic heterocycles. The highest BCUT2D eigenvalue weighted by Crippen LogP contribution is 2.35. The van der Waals surface area contributed by atoms with Gasteiger partial charge >= 0.3 is 0 Å². The number of nitrogens with one attached hydrogen (secondary N) is 2. The quantitative estimate of drug-likeness (QED) is 0.756. The number of H-pyrrole nitrogens is 1. The third kappa shape index (κ3) is 2.62. The lowest BCUT2D eigenvalue weighted by Gasteiger charge is -2.20. The number of fused-ring (bicyclic) bond motifs is 1. The molecule has 20 heavy (non-hydrogen) atoms. The molecule has 1 heterocycles. The molecule has 0 fully saturated rings. The molecule has 2 aromatic rings. The Morgan fingerprint density at radius 3 is 2.85 bits per heavy atom. The zero-order chi connectivity index (χ0) is 14.5. The van der Waals surface area contributed by atoms with Crippen LogP contribution in [0.15, 0.2) is 36.5 Å². The van der Waals surface area contributed by atoms with Gasteiger partial charge in [-0.05, 0) is 24.5 Å². The van der Waals surface area contributed by atoms with Gasteiger partial charge in [-0.1, -0.05) is 31.7 Å². The minimum atomic E-state index is 0.163. The summed E-state index contributed by atoms with van der Waals surface area (Å²) in [6.07, 6.45) is 3.26. The number of hydrogen-bond donors (Lipinski definition) is 2. The standard InChI is InChI=1S/C17H22N2O/c1-4-15-17(13(9-7-11-20)12(2)18-3)14-8-5-6-10-16(14)19-15/h5-6,8,10-11,13,18-19H,2,4,7,9H2,1,3H3. The van der Waals surface area contributed by atoms with Crippen LogP contribution in [0.25, 0.3) is 10.9 Å². The number of carbonyl (C=O) groups excluding carboxylic acids is 1. The Morgan fingerprint density at radius 1 is 1.45 bits per heavy atom. The first kappa shape index (κ1) is 14.4. The summed E-state index contributed by atoms with van der Waals surface area (Å²) < 4.78 is 0. The van der Waals surface area contributed by atoms with Crippen molar-refractivity contribution in [2.24, 2.45) is 0 Å². The topological polar surface area (TPSA) is 44.9 Å². The molecule has 0 saturated heterocycles. The summed E-state index contributed by atoms with van der Waals surface area (Å²) in [6.45, 7) is 6.27. The second-order valence-corrected chi connectivity index (χ2v) is 4.99. The zero-order valence-corrected chi connectivity index (χ0v) is 12.2. The SMILES string of the molecule is C=C(NC)C(CCC=O)c1c(CC)[nH]c2ccccc12. The minimum absolute atomic E-state index is 0.163. The summed E-state index contributed by atoms with van der Waals surface area (Å²) >= 11 is 0. The molecular formula is C17H22N2O. The van der Waals surface area contributed by atoms with Crippen LogP contribution in [0.5, 0.6) is 0 Å². The fourth-order valence-corrected chi connectivity index (χ4v) is 2.80. The molecule has 0 saturated carbocycles. The number of aromatic nitrogens is 1. The molecular weight excluding hydrogens is 248 g/mol. The summed E-state index contributed by atoms with van der Waals surface area (Å²) in [7, 11) is 1.89. The van der Waals surface area contributed by atoms with Gasteiger partial charge in [-0.2, -0.15) is 0 Å². The number of hydrogen-bond acceptors (Lipinski definition) is 2. The van der Waals surface area contributed by atoms with Crippen molar-refractivity contribution in [3.05, 3.63) is 47.8 Å². The molecule has 0 amide bonds. The maximum absolute atomic E-state index is 10.7. The van der Waals surface area contributed by atoms with Crippen molar-refractivity contribution >= 4 is 17.2 Å². The van der Waals surface area contributed by atoms with Gasteiger partial charge in [0.1, 0.15) is 6.29 Å². The van der Waals surface area contributed by atoms with Crippen LogP contribution in [0, 0.1) is 0 Å². The molecule has 3 nitrogen and oxygen atoms in total. The van der Waals surface area contributed by atoms with E-state index in [2.05, 4.69) is 42.0 Å². The van der Waals surface area contributed by atoms with Crippen LogP contribution in [-0.4, -0.2) is 18.3 Å². The average molecular weight is 270 g/mol. The maximum Gasteiger partial charge on any atom is 0.120 e. The van der Waals surface area contributed by atoms with Crippen LogP contribution < -0.4 is 5.32 Å². The van der Waals surface area contributed by atoms with Gasteiger partial charge in [0, 0.05) is 41.7 Å². The number of allylic oxidation sites excluding steroid dienone is 1. The predicted molar refractivity (Wildman–Crippen MR) is 83.9 cm³/mol. The zero-order valence-electron chi connectivity index (χ0n) is 12.2. The number of likely N-dealkylation sites (N-methyl/N-ethyl adjacent to an activating group) is 1. The van der Waals surface area contributed by atoms with E-state index in [9.17, 15) is 4.79 Å². The van der Waals surface area contributed by atoms with Crippen molar-refractivity contribution in [3.63, 3.8) is 0 Å². The van der Waals surface area contributed by atoms with Crippen LogP contribution in [0.4, 0.5) is 0 Å². The second-order valence-electron chi connectivity index (χ2n) is 4.99. The first-order chi connectivity index (χ1) is 9.72. The first-order valence-electron chi connectivity index (χ1n) is 7.12. The molecule has 1 atom stereocenters. The number of carbonyl (C=O) groups is 1.